The molecule has 1 atom stereocenters. The van der Waals surface area contributed by atoms with E-state index in [-0.39, 0.29) is 17.5 Å². The van der Waals surface area contributed by atoms with E-state index in [2.05, 4.69) is 5.32 Å². The highest BCUT2D eigenvalue weighted by Gasteiger charge is 2.36. The second kappa shape index (κ2) is 9.92. The molecule has 0 spiro atoms. The van der Waals surface area contributed by atoms with Crippen molar-refractivity contribution in [3.8, 4) is 11.1 Å². The van der Waals surface area contributed by atoms with Gasteiger partial charge in [-0.15, -0.1) is 0 Å². The first kappa shape index (κ1) is 24.7. The zero-order valence-corrected chi connectivity index (χ0v) is 19.8. The van der Waals surface area contributed by atoms with E-state index < -0.39 is 25.0 Å². The molecule has 32 heavy (non-hydrogen) atoms. The lowest BCUT2D eigenvalue weighted by Gasteiger charge is -2.18. The molecule has 10 heteroatoms. The summed E-state index contributed by atoms with van der Waals surface area (Å²) < 4.78 is 27.1. The van der Waals surface area contributed by atoms with E-state index in [1.807, 2.05) is 0 Å². The highest BCUT2D eigenvalue weighted by molar-refractivity contribution is 7.53. The summed E-state index contributed by atoms with van der Waals surface area (Å²) in [6.45, 7) is 0. The van der Waals surface area contributed by atoms with Crippen molar-refractivity contribution in [3.63, 3.8) is 0 Å². The van der Waals surface area contributed by atoms with E-state index in [1.165, 1.54) is 37.4 Å². The van der Waals surface area contributed by atoms with E-state index in [4.69, 9.17) is 34.8 Å². The normalized spacial score (nSPS) is 12.5. The van der Waals surface area contributed by atoms with E-state index in [1.54, 1.807) is 24.3 Å². The molecule has 0 aliphatic carbocycles. The highest BCUT2D eigenvalue weighted by atomic mass is 35.5. The number of hydrogen-bond acceptors (Lipinski definition) is 2. The maximum Gasteiger partial charge on any atom is 0.342 e. The standard InChI is InChI=1S/C22H18Cl3FNO4P/c1-27-22(28)21(32(29,30)31)13-7-5-12(6-8-13)16-4-2-3-14(20(16)26)9-15-10-18(24)19(25)11-17(15)23/h2-8,10-11,21H,9H2,1H3,(H,27,28)(H2,29,30,31). The number of nitrogens with one attached hydrogen (secondary N) is 1. The van der Waals surface area contributed by atoms with Crippen LogP contribution < -0.4 is 5.32 Å². The summed E-state index contributed by atoms with van der Waals surface area (Å²) in [6.07, 6.45) is 0.185. The van der Waals surface area contributed by atoms with Crippen molar-refractivity contribution >= 4 is 48.3 Å². The second-order valence-electron chi connectivity index (χ2n) is 7.04. The Bertz CT molecular complexity index is 1210. The van der Waals surface area contributed by atoms with Crippen molar-refractivity contribution in [2.24, 2.45) is 0 Å². The number of likely N-dealkylation sites (N-methyl/N-ethyl adjacent to an activating group) is 1. The van der Waals surface area contributed by atoms with Gasteiger partial charge >= 0.3 is 7.60 Å². The van der Waals surface area contributed by atoms with Crippen LogP contribution in [0, 0.1) is 5.82 Å². The second-order valence-corrected chi connectivity index (χ2v) is 9.96. The average molecular weight is 517 g/mol. The smallest absolute Gasteiger partial charge is 0.342 e. The van der Waals surface area contributed by atoms with Crippen LogP contribution in [0.25, 0.3) is 11.1 Å². The third kappa shape index (κ3) is 5.34. The van der Waals surface area contributed by atoms with Gasteiger partial charge in [0.15, 0.2) is 5.66 Å². The zero-order chi connectivity index (χ0) is 23.6. The van der Waals surface area contributed by atoms with Gasteiger partial charge in [-0.3, -0.25) is 9.36 Å². The Morgan fingerprint density at radius 3 is 2.22 bits per heavy atom. The van der Waals surface area contributed by atoms with Gasteiger partial charge in [0.05, 0.1) is 10.0 Å². The maximum absolute atomic E-state index is 15.3. The Hall–Kier alpha value is -1.92. The molecule has 0 fully saturated rings. The molecule has 3 N–H and O–H groups in total. The van der Waals surface area contributed by atoms with Crippen molar-refractivity contribution in [1.82, 2.24) is 5.32 Å². The van der Waals surface area contributed by atoms with Crippen LogP contribution in [0.3, 0.4) is 0 Å². The quantitative estimate of drug-likeness (QED) is 0.277. The predicted octanol–water partition coefficient (Wildman–Crippen LogP) is 6.01. The number of carbonyl (C=O) groups excluding carboxylic acids is 1. The molecule has 3 aromatic rings. The molecular weight excluding hydrogens is 499 g/mol. The van der Waals surface area contributed by atoms with Crippen LogP contribution >= 0.6 is 42.4 Å². The monoisotopic (exact) mass is 515 g/mol. The van der Waals surface area contributed by atoms with Crippen molar-refractivity contribution in [2.45, 2.75) is 12.1 Å². The molecular formula is C22H18Cl3FNO4P. The summed E-state index contributed by atoms with van der Waals surface area (Å²) >= 11 is 18.2. The summed E-state index contributed by atoms with van der Waals surface area (Å²) in [4.78, 5) is 31.1. The summed E-state index contributed by atoms with van der Waals surface area (Å²) in [5.41, 5.74) is 0.246. The number of carbonyl (C=O) groups is 1. The molecule has 0 aliphatic rings. The number of amides is 1. The summed E-state index contributed by atoms with van der Waals surface area (Å²) in [5.74, 6) is -1.28. The van der Waals surface area contributed by atoms with Crippen LogP contribution in [0.1, 0.15) is 22.3 Å². The lowest BCUT2D eigenvalue weighted by Crippen LogP contribution is -2.25. The third-order valence-electron chi connectivity index (χ3n) is 4.92. The minimum Gasteiger partial charge on any atom is -0.358 e. The number of rotatable bonds is 6. The molecule has 3 aromatic carbocycles. The number of hydrogen-bond donors (Lipinski definition) is 3. The Morgan fingerprint density at radius 2 is 1.62 bits per heavy atom. The van der Waals surface area contributed by atoms with Gasteiger partial charge in [-0.2, -0.15) is 0 Å². The topological polar surface area (TPSA) is 86.6 Å². The molecule has 0 aliphatic heterocycles. The maximum atomic E-state index is 15.3. The molecule has 1 unspecified atom stereocenters. The summed E-state index contributed by atoms with van der Waals surface area (Å²) in [7, 11) is -3.45. The number of halogens is 4. The first-order valence-corrected chi connectivity index (χ1v) is 12.1. The van der Waals surface area contributed by atoms with Gasteiger partial charge in [0.25, 0.3) is 0 Å². The van der Waals surface area contributed by atoms with Gasteiger partial charge in [-0.05, 0) is 34.4 Å². The molecule has 1 amide bonds. The number of benzene rings is 3. The van der Waals surface area contributed by atoms with Crippen molar-refractivity contribution in [2.75, 3.05) is 7.05 Å². The van der Waals surface area contributed by atoms with Crippen molar-refractivity contribution in [1.29, 1.82) is 0 Å². The first-order chi connectivity index (χ1) is 15.0. The Balaban J connectivity index is 1.95. The zero-order valence-electron chi connectivity index (χ0n) is 16.7. The molecule has 0 saturated heterocycles. The van der Waals surface area contributed by atoms with E-state index >= 15 is 4.39 Å². The fourth-order valence-electron chi connectivity index (χ4n) is 3.32. The van der Waals surface area contributed by atoms with Gasteiger partial charge in [0.1, 0.15) is 5.82 Å². The predicted molar refractivity (Wildman–Crippen MR) is 125 cm³/mol. The fourth-order valence-corrected chi connectivity index (χ4v) is 4.96. The molecule has 0 radical (unpaired) electrons. The largest absolute Gasteiger partial charge is 0.358 e. The van der Waals surface area contributed by atoms with E-state index in [0.717, 1.165) is 0 Å². The lowest BCUT2D eigenvalue weighted by atomic mass is 9.97. The van der Waals surface area contributed by atoms with Gasteiger partial charge < -0.3 is 15.1 Å². The third-order valence-corrected chi connectivity index (χ3v) is 7.20. The first-order valence-electron chi connectivity index (χ1n) is 9.31. The van der Waals surface area contributed by atoms with Gasteiger partial charge in [-0.1, -0.05) is 77.3 Å². The summed E-state index contributed by atoms with van der Waals surface area (Å²) in [5, 5.41) is 3.23. The highest BCUT2D eigenvalue weighted by Crippen LogP contribution is 2.52. The van der Waals surface area contributed by atoms with Gasteiger partial charge in [0, 0.05) is 24.1 Å². The van der Waals surface area contributed by atoms with Crippen molar-refractivity contribution < 1.29 is 23.5 Å². The van der Waals surface area contributed by atoms with Crippen LogP contribution in [-0.4, -0.2) is 22.7 Å². The molecule has 168 valence electrons. The minimum atomic E-state index is -4.75. The molecule has 0 saturated carbocycles. The Kier molecular flexibility index (Phi) is 7.66. The molecule has 0 aromatic heterocycles. The Labute approximate surface area is 199 Å². The summed E-state index contributed by atoms with van der Waals surface area (Å²) in [6, 6.07) is 13.8. The van der Waals surface area contributed by atoms with E-state index in [0.29, 0.717) is 31.8 Å². The molecule has 0 bridgehead atoms. The molecule has 3 rings (SSSR count). The fraction of sp³-hybridized carbons (Fsp3) is 0.136. The SMILES string of the molecule is CNC(=O)C(c1ccc(-c2cccc(Cc3cc(Cl)c(Cl)cc3Cl)c2F)cc1)P(=O)(O)O. The van der Waals surface area contributed by atoms with Crippen LogP contribution in [0.5, 0.6) is 0 Å². The minimum absolute atomic E-state index is 0.126. The Morgan fingerprint density at radius 1 is 1.00 bits per heavy atom. The van der Waals surface area contributed by atoms with Gasteiger partial charge in [-0.25, -0.2) is 4.39 Å². The van der Waals surface area contributed by atoms with Crippen LogP contribution in [-0.2, 0) is 15.8 Å². The van der Waals surface area contributed by atoms with Crippen LogP contribution in [0.15, 0.2) is 54.6 Å². The molecule has 5 nitrogen and oxygen atoms in total. The molecule has 0 heterocycles. The van der Waals surface area contributed by atoms with Crippen molar-refractivity contribution in [3.05, 3.63) is 92.2 Å². The lowest BCUT2D eigenvalue weighted by molar-refractivity contribution is -0.120. The van der Waals surface area contributed by atoms with Gasteiger partial charge in [0.2, 0.25) is 5.91 Å². The van der Waals surface area contributed by atoms with Crippen LogP contribution in [0.2, 0.25) is 15.1 Å². The van der Waals surface area contributed by atoms with E-state index in [9.17, 15) is 19.1 Å². The van der Waals surface area contributed by atoms with Crippen LogP contribution in [0.4, 0.5) is 4.39 Å². The average Bonchev–Trinajstić information content (AvgIpc) is 2.73.